The molecule has 0 aliphatic carbocycles. The number of hydrogen-bond acceptors (Lipinski definition) is 5. The molecule has 0 spiro atoms. The lowest BCUT2D eigenvalue weighted by molar-refractivity contribution is 0.102. The highest BCUT2D eigenvalue weighted by Crippen LogP contribution is 2.16. The van der Waals surface area contributed by atoms with Crippen LogP contribution < -0.4 is 10.3 Å². The van der Waals surface area contributed by atoms with Gasteiger partial charge in [-0.05, 0) is 32.3 Å². The molecule has 6 heteroatoms. The molecule has 1 aromatic carbocycles. The molecule has 1 aromatic heterocycles. The number of ether oxygens (including phenoxy) is 1. The number of piperazine rings is 1. The van der Waals surface area contributed by atoms with Gasteiger partial charge in [-0.25, -0.2) is 4.98 Å². The van der Waals surface area contributed by atoms with E-state index in [9.17, 15) is 4.79 Å². The van der Waals surface area contributed by atoms with E-state index in [4.69, 9.17) is 4.74 Å². The highest BCUT2D eigenvalue weighted by atomic mass is 16.5. The SMILES string of the molecule is COc1ccc2ncn(CC3CN(C)CCN3C)c(=O)c2c1. The van der Waals surface area contributed by atoms with Crippen molar-refractivity contribution in [2.75, 3.05) is 40.8 Å². The van der Waals surface area contributed by atoms with Crippen molar-refractivity contribution in [3.05, 3.63) is 34.9 Å². The average molecular weight is 302 g/mol. The number of fused-ring (bicyclic) bond motifs is 1. The van der Waals surface area contributed by atoms with Gasteiger partial charge < -0.3 is 9.64 Å². The molecule has 3 rings (SSSR count). The predicted molar refractivity (Wildman–Crippen MR) is 86.5 cm³/mol. The summed E-state index contributed by atoms with van der Waals surface area (Å²) in [5, 5.41) is 0.605. The van der Waals surface area contributed by atoms with Crippen LogP contribution in [0, 0.1) is 0 Å². The highest BCUT2D eigenvalue weighted by Gasteiger charge is 2.23. The van der Waals surface area contributed by atoms with Crippen molar-refractivity contribution in [2.45, 2.75) is 12.6 Å². The third kappa shape index (κ3) is 2.84. The van der Waals surface area contributed by atoms with Gasteiger partial charge in [-0.15, -0.1) is 0 Å². The van der Waals surface area contributed by atoms with Gasteiger partial charge >= 0.3 is 0 Å². The first kappa shape index (κ1) is 15.0. The van der Waals surface area contributed by atoms with Crippen LogP contribution in [0.5, 0.6) is 5.75 Å². The van der Waals surface area contributed by atoms with Crippen LogP contribution in [-0.4, -0.2) is 66.2 Å². The average Bonchev–Trinajstić information content (AvgIpc) is 2.53. The van der Waals surface area contributed by atoms with E-state index in [1.165, 1.54) is 0 Å². The summed E-state index contributed by atoms with van der Waals surface area (Å²) in [6.07, 6.45) is 1.65. The number of rotatable bonds is 3. The summed E-state index contributed by atoms with van der Waals surface area (Å²) in [6, 6.07) is 5.72. The maximum absolute atomic E-state index is 12.7. The zero-order valence-electron chi connectivity index (χ0n) is 13.3. The Labute approximate surface area is 129 Å². The van der Waals surface area contributed by atoms with Crippen molar-refractivity contribution in [3.8, 4) is 5.75 Å². The third-order valence-electron chi connectivity index (χ3n) is 4.42. The highest BCUT2D eigenvalue weighted by molar-refractivity contribution is 5.78. The molecule has 1 unspecified atom stereocenters. The number of aromatic nitrogens is 2. The minimum atomic E-state index is -0.00877. The lowest BCUT2D eigenvalue weighted by atomic mass is 10.2. The van der Waals surface area contributed by atoms with Crippen LogP contribution in [0.25, 0.3) is 10.9 Å². The first-order valence-electron chi connectivity index (χ1n) is 7.50. The molecule has 1 aliphatic heterocycles. The van der Waals surface area contributed by atoms with Gasteiger partial charge in [0.2, 0.25) is 0 Å². The standard InChI is InChI=1S/C16H22N4O2/c1-18-6-7-19(2)12(9-18)10-20-11-17-15-5-4-13(22-3)8-14(15)16(20)21/h4-5,8,11-12H,6-7,9-10H2,1-3H3. The van der Waals surface area contributed by atoms with Crippen molar-refractivity contribution < 1.29 is 4.74 Å². The lowest BCUT2D eigenvalue weighted by Gasteiger charge is -2.37. The Hall–Kier alpha value is -1.92. The Balaban J connectivity index is 1.93. The molecule has 1 aliphatic rings. The molecular weight excluding hydrogens is 280 g/mol. The van der Waals surface area contributed by atoms with Gasteiger partial charge in [0.15, 0.2) is 0 Å². The molecule has 1 saturated heterocycles. The Kier molecular flexibility index (Phi) is 4.13. The molecule has 1 atom stereocenters. The lowest BCUT2D eigenvalue weighted by Crippen LogP contribution is -2.52. The summed E-state index contributed by atoms with van der Waals surface area (Å²) in [6.45, 7) is 3.69. The molecule has 0 saturated carbocycles. The second-order valence-corrected chi connectivity index (χ2v) is 5.98. The van der Waals surface area contributed by atoms with E-state index in [1.807, 2.05) is 12.1 Å². The van der Waals surface area contributed by atoms with E-state index in [-0.39, 0.29) is 5.56 Å². The summed E-state index contributed by atoms with van der Waals surface area (Å²) in [5.74, 6) is 0.679. The number of methoxy groups -OCH3 is 1. The molecule has 22 heavy (non-hydrogen) atoms. The fourth-order valence-corrected chi connectivity index (χ4v) is 2.92. The van der Waals surface area contributed by atoms with E-state index in [0.717, 1.165) is 19.6 Å². The van der Waals surface area contributed by atoms with Crippen LogP contribution in [0.1, 0.15) is 0 Å². The zero-order chi connectivity index (χ0) is 15.7. The van der Waals surface area contributed by atoms with Crippen molar-refractivity contribution in [2.24, 2.45) is 0 Å². The molecule has 0 radical (unpaired) electrons. The Morgan fingerprint density at radius 2 is 2.14 bits per heavy atom. The number of hydrogen-bond donors (Lipinski definition) is 0. The molecule has 0 bridgehead atoms. The van der Waals surface area contributed by atoms with Crippen molar-refractivity contribution in [3.63, 3.8) is 0 Å². The smallest absolute Gasteiger partial charge is 0.261 e. The summed E-state index contributed by atoms with van der Waals surface area (Å²) >= 11 is 0. The van der Waals surface area contributed by atoms with Crippen LogP contribution in [0.15, 0.2) is 29.3 Å². The number of likely N-dealkylation sites (N-methyl/N-ethyl adjacent to an activating group) is 2. The van der Waals surface area contributed by atoms with Crippen LogP contribution in [-0.2, 0) is 6.54 Å². The summed E-state index contributed by atoms with van der Waals surface area (Å²) in [5.41, 5.74) is 0.696. The number of benzene rings is 1. The molecule has 0 N–H and O–H groups in total. The second-order valence-electron chi connectivity index (χ2n) is 5.98. The molecule has 2 heterocycles. The van der Waals surface area contributed by atoms with Crippen molar-refractivity contribution in [1.82, 2.24) is 19.4 Å². The topological polar surface area (TPSA) is 50.6 Å². The van der Waals surface area contributed by atoms with E-state index >= 15 is 0 Å². The molecule has 118 valence electrons. The van der Waals surface area contributed by atoms with Gasteiger partial charge in [-0.3, -0.25) is 14.3 Å². The van der Waals surface area contributed by atoms with Crippen molar-refractivity contribution >= 4 is 10.9 Å². The monoisotopic (exact) mass is 302 g/mol. The Morgan fingerprint density at radius 1 is 1.32 bits per heavy atom. The van der Waals surface area contributed by atoms with Gasteiger partial charge in [0.25, 0.3) is 5.56 Å². The quantitative estimate of drug-likeness (QED) is 0.833. The van der Waals surface area contributed by atoms with Gasteiger partial charge in [0, 0.05) is 32.2 Å². The number of nitrogens with zero attached hydrogens (tertiary/aromatic N) is 4. The second kappa shape index (κ2) is 6.06. The first-order chi connectivity index (χ1) is 10.6. The normalized spacial score (nSPS) is 20.4. The van der Waals surface area contributed by atoms with E-state index in [1.54, 1.807) is 24.1 Å². The van der Waals surface area contributed by atoms with Gasteiger partial charge in [-0.1, -0.05) is 0 Å². The minimum Gasteiger partial charge on any atom is -0.497 e. The first-order valence-corrected chi connectivity index (χ1v) is 7.50. The summed E-state index contributed by atoms with van der Waals surface area (Å²) in [7, 11) is 5.83. The molecule has 6 nitrogen and oxygen atoms in total. The molecular formula is C16H22N4O2. The van der Waals surface area contributed by atoms with Gasteiger partial charge in [-0.2, -0.15) is 0 Å². The summed E-state index contributed by atoms with van der Waals surface area (Å²) < 4.78 is 6.92. The van der Waals surface area contributed by atoms with E-state index < -0.39 is 0 Å². The van der Waals surface area contributed by atoms with E-state index in [2.05, 4.69) is 28.9 Å². The van der Waals surface area contributed by atoms with Crippen molar-refractivity contribution in [1.29, 1.82) is 0 Å². The molecule has 2 aromatic rings. The van der Waals surface area contributed by atoms with Crippen LogP contribution in [0.4, 0.5) is 0 Å². The maximum Gasteiger partial charge on any atom is 0.261 e. The van der Waals surface area contributed by atoms with Crippen LogP contribution in [0.2, 0.25) is 0 Å². The van der Waals surface area contributed by atoms with E-state index in [0.29, 0.717) is 29.2 Å². The largest absolute Gasteiger partial charge is 0.497 e. The third-order valence-corrected chi connectivity index (χ3v) is 4.42. The van der Waals surface area contributed by atoms with Crippen LogP contribution >= 0.6 is 0 Å². The fourth-order valence-electron chi connectivity index (χ4n) is 2.92. The molecule has 0 amide bonds. The van der Waals surface area contributed by atoms with Crippen LogP contribution in [0.3, 0.4) is 0 Å². The van der Waals surface area contributed by atoms with Gasteiger partial charge in [0.05, 0.1) is 24.3 Å². The Bertz CT molecular complexity index is 728. The minimum absolute atomic E-state index is 0.00877. The summed E-state index contributed by atoms with van der Waals surface area (Å²) in [4.78, 5) is 21.7. The van der Waals surface area contributed by atoms with Gasteiger partial charge in [0.1, 0.15) is 5.75 Å². The Morgan fingerprint density at radius 3 is 2.91 bits per heavy atom. The molecule has 1 fully saturated rings. The zero-order valence-corrected chi connectivity index (χ0v) is 13.3. The fraction of sp³-hybridized carbons (Fsp3) is 0.500. The predicted octanol–water partition coefficient (Wildman–Crippen LogP) is 0.651. The maximum atomic E-state index is 12.7.